The lowest BCUT2D eigenvalue weighted by atomic mass is 10.2. The number of hydrogen-bond acceptors (Lipinski definition) is 4. The first-order valence-corrected chi connectivity index (χ1v) is 5.84. The Kier molecular flexibility index (Phi) is 3.93. The van der Waals surface area contributed by atoms with Crippen molar-refractivity contribution in [1.29, 1.82) is 0 Å². The fraction of sp³-hybridized carbons (Fsp3) is 0.500. The minimum absolute atomic E-state index is 0.0440. The predicted octanol–water partition coefficient (Wildman–Crippen LogP) is 0.872. The van der Waals surface area contributed by atoms with Gasteiger partial charge >= 0.3 is 0 Å². The van der Waals surface area contributed by atoms with E-state index in [1.54, 1.807) is 11.1 Å². The van der Waals surface area contributed by atoms with Crippen LogP contribution < -0.4 is 5.32 Å². The molecule has 1 aromatic rings. The van der Waals surface area contributed by atoms with Crippen molar-refractivity contribution in [3.63, 3.8) is 0 Å². The van der Waals surface area contributed by atoms with E-state index in [0.29, 0.717) is 19.7 Å². The molecule has 17 heavy (non-hydrogen) atoms. The molecule has 1 aliphatic heterocycles. The minimum atomic E-state index is 0.0440. The van der Waals surface area contributed by atoms with Crippen molar-refractivity contribution in [1.82, 2.24) is 9.88 Å². The van der Waals surface area contributed by atoms with Crippen LogP contribution in [0.4, 0.5) is 5.82 Å². The van der Waals surface area contributed by atoms with Crippen LogP contribution in [0.25, 0.3) is 0 Å². The smallest absolute Gasteiger partial charge is 0.248 e. The van der Waals surface area contributed by atoms with Crippen molar-refractivity contribution in [3.05, 3.63) is 23.9 Å². The average molecular weight is 235 g/mol. The van der Waals surface area contributed by atoms with E-state index in [-0.39, 0.29) is 12.5 Å². The third-order valence-electron chi connectivity index (χ3n) is 2.68. The van der Waals surface area contributed by atoms with Gasteiger partial charge in [-0.15, -0.1) is 0 Å². The lowest BCUT2D eigenvalue weighted by Crippen LogP contribution is -2.41. The zero-order chi connectivity index (χ0) is 12.1. The second-order valence-corrected chi connectivity index (χ2v) is 3.91. The number of carbonyl (C=O) groups excluding carboxylic acids is 1. The average Bonchev–Trinajstić information content (AvgIpc) is 2.35. The van der Waals surface area contributed by atoms with Crippen LogP contribution in [0, 0.1) is 0 Å². The van der Waals surface area contributed by atoms with Crippen LogP contribution in [0.1, 0.15) is 12.5 Å². The summed E-state index contributed by atoms with van der Waals surface area (Å²) in [4.78, 5) is 17.7. The molecule has 1 amide bonds. The Morgan fingerprint density at radius 1 is 1.59 bits per heavy atom. The van der Waals surface area contributed by atoms with Gasteiger partial charge in [0.05, 0.1) is 6.61 Å². The summed E-state index contributed by atoms with van der Waals surface area (Å²) in [7, 11) is 0. The van der Waals surface area contributed by atoms with Crippen LogP contribution in [0.15, 0.2) is 18.3 Å². The highest BCUT2D eigenvalue weighted by Gasteiger charge is 2.19. The third-order valence-corrected chi connectivity index (χ3v) is 2.68. The van der Waals surface area contributed by atoms with E-state index in [0.717, 1.165) is 17.9 Å². The highest BCUT2D eigenvalue weighted by atomic mass is 16.5. The van der Waals surface area contributed by atoms with Gasteiger partial charge < -0.3 is 15.0 Å². The molecular weight excluding hydrogens is 218 g/mol. The molecule has 0 saturated carbocycles. The maximum absolute atomic E-state index is 11.6. The summed E-state index contributed by atoms with van der Waals surface area (Å²) < 4.78 is 5.10. The fourth-order valence-corrected chi connectivity index (χ4v) is 1.82. The van der Waals surface area contributed by atoms with Gasteiger partial charge in [0, 0.05) is 31.4 Å². The highest BCUT2D eigenvalue weighted by molar-refractivity contribution is 5.78. The van der Waals surface area contributed by atoms with Crippen molar-refractivity contribution >= 4 is 11.7 Å². The lowest BCUT2D eigenvalue weighted by Gasteiger charge is -2.27. The first kappa shape index (κ1) is 11.9. The molecular formula is C12H17N3O2. The molecule has 1 saturated heterocycles. The molecule has 0 aromatic carbocycles. The molecule has 5 nitrogen and oxygen atoms in total. The Labute approximate surface area is 101 Å². The van der Waals surface area contributed by atoms with Gasteiger partial charge in [0.25, 0.3) is 0 Å². The summed E-state index contributed by atoms with van der Waals surface area (Å²) in [5, 5.41) is 3.20. The van der Waals surface area contributed by atoms with Gasteiger partial charge in [0.15, 0.2) is 0 Å². The molecule has 92 valence electrons. The summed E-state index contributed by atoms with van der Waals surface area (Å²) in [5.41, 5.74) is 1.05. The number of anilines is 1. The zero-order valence-corrected chi connectivity index (χ0v) is 9.98. The Morgan fingerprint density at radius 3 is 3.24 bits per heavy atom. The first-order valence-electron chi connectivity index (χ1n) is 5.84. The summed E-state index contributed by atoms with van der Waals surface area (Å²) in [6, 6.07) is 3.88. The second kappa shape index (κ2) is 5.63. The Balaban J connectivity index is 2.09. The number of pyridine rings is 1. The van der Waals surface area contributed by atoms with Gasteiger partial charge in [0.2, 0.25) is 5.91 Å². The standard InChI is InChI=1S/C12H17N3O2/c1-2-13-12-10(4-3-5-14-12)8-15-6-7-17-9-11(15)16/h3-5H,2,6-9H2,1H3,(H,13,14). The van der Waals surface area contributed by atoms with Crippen LogP contribution >= 0.6 is 0 Å². The van der Waals surface area contributed by atoms with Crippen LogP contribution in [-0.2, 0) is 16.1 Å². The number of carbonyl (C=O) groups is 1. The maximum Gasteiger partial charge on any atom is 0.248 e. The Hall–Kier alpha value is -1.62. The molecule has 2 rings (SSSR count). The number of amides is 1. The fourth-order valence-electron chi connectivity index (χ4n) is 1.82. The minimum Gasteiger partial charge on any atom is -0.370 e. The number of nitrogens with zero attached hydrogens (tertiary/aromatic N) is 2. The summed E-state index contributed by atoms with van der Waals surface area (Å²) in [6.45, 7) is 4.90. The SMILES string of the molecule is CCNc1ncccc1CN1CCOCC1=O. The van der Waals surface area contributed by atoms with E-state index in [2.05, 4.69) is 10.3 Å². The topological polar surface area (TPSA) is 54.5 Å². The molecule has 0 radical (unpaired) electrons. The number of hydrogen-bond donors (Lipinski definition) is 1. The van der Waals surface area contributed by atoms with Gasteiger partial charge in [0.1, 0.15) is 12.4 Å². The molecule has 0 atom stereocenters. The van der Waals surface area contributed by atoms with E-state index in [4.69, 9.17) is 4.74 Å². The van der Waals surface area contributed by atoms with E-state index in [1.807, 2.05) is 19.1 Å². The van der Waals surface area contributed by atoms with Crippen molar-refractivity contribution in [2.24, 2.45) is 0 Å². The van der Waals surface area contributed by atoms with E-state index >= 15 is 0 Å². The van der Waals surface area contributed by atoms with E-state index < -0.39 is 0 Å². The molecule has 2 heterocycles. The maximum atomic E-state index is 11.6. The van der Waals surface area contributed by atoms with Crippen LogP contribution in [0.5, 0.6) is 0 Å². The van der Waals surface area contributed by atoms with E-state index in [9.17, 15) is 4.79 Å². The van der Waals surface area contributed by atoms with Crippen molar-refractivity contribution < 1.29 is 9.53 Å². The lowest BCUT2D eigenvalue weighted by molar-refractivity contribution is -0.143. The van der Waals surface area contributed by atoms with Crippen molar-refractivity contribution in [2.75, 3.05) is 31.6 Å². The number of aromatic nitrogens is 1. The Bertz CT molecular complexity index is 395. The van der Waals surface area contributed by atoms with Gasteiger partial charge in [-0.3, -0.25) is 4.79 Å². The highest BCUT2D eigenvalue weighted by Crippen LogP contribution is 2.15. The molecule has 0 aliphatic carbocycles. The number of nitrogens with one attached hydrogen (secondary N) is 1. The van der Waals surface area contributed by atoms with Crippen LogP contribution in [0.2, 0.25) is 0 Å². The van der Waals surface area contributed by atoms with Crippen molar-refractivity contribution in [3.8, 4) is 0 Å². The molecule has 0 bridgehead atoms. The molecule has 1 N–H and O–H groups in total. The molecule has 1 aliphatic rings. The zero-order valence-electron chi connectivity index (χ0n) is 9.98. The summed E-state index contributed by atoms with van der Waals surface area (Å²) >= 11 is 0. The molecule has 0 spiro atoms. The van der Waals surface area contributed by atoms with Crippen LogP contribution in [0.3, 0.4) is 0 Å². The van der Waals surface area contributed by atoms with Gasteiger partial charge in [-0.2, -0.15) is 0 Å². The molecule has 5 heteroatoms. The van der Waals surface area contributed by atoms with Crippen molar-refractivity contribution in [2.45, 2.75) is 13.5 Å². The van der Waals surface area contributed by atoms with Crippen LogP contribution in [-0.4, -0.2) is 42.1 Å². The number of morpholine rings is 1. The number of rotatable bonds is 4. The quantitative estimate of drug-likeness (QED) is 0.841. The molecule has 1 aromatic heterocycles. The third kappa shape index (κ3) is 2.94. The van der Waals surface area contributed by atoms with E-state index in [1.165, 1.54) is 0 Å². The normalized spacial score (nSPS) is 16.1. The predicted molar refractivity (Wildman–Crippen MR) is 64.6 cm³/mol. The van der Waals surface area contributed by atoms with Gasteiger partial charge in [-0.25, -0.2) is 4.98 Å². The molecule has 0 unspecified atom stereocenters. The second-order valence-electron chi connectivity index (χ2n) is 3.91. The molecule has 1 fully saturated rings. The van der Waals surface area contributed by atoms with Gasteiger partial charge in [-0.05, 0) is 13.0 Å². The summed E-state index contributed by atoms with van der Waals surface area (Å²) in [6.07, 6.45) is 1.75. The Morgan fingerprint density at radius 2 is 2.47 bits per heavy atom. The van der Waals surface area contributed by atoms with Gasteiger partial charge in [-0.1, -0.05) is 6.07 Å². The largest absolute Gasteiger partial charge is 0.370 e. The summed E-state index contributed by atoms with van der Waals surface area (Å²) in [5.74, 6) is 0.900. The monoisotopic (exact) mass is 235 g/mol. The number of ether oxygens (including phenoxy) is 1. The first-order chi connectivity index (χ1) is 8.31.